The molecule has 0 aromatic heterocycles. The highest BCUT2D eigenvalue weighted by Gasteiger charge is 2.01. The average molecular weight is 298 g/mol. The van der Waals surface area contributed by atoms with Gasteiger partial charge in [-0.15, -0.1) is 6.58 Å². The van der Waals surface area contributed by atoms with Crippen LogP contribution in [0.1, 0.15) is 12.0 Å². The number of allylic oxidation sites excluding steroid dienone is 1. The van der Waals surface area contributed by atoms with Crippen LogP contribution in [-0.2, 0) is 6.42 Å². The van der Waals surface area contributed by atoms with Crippen LogP contribution in [0.4, 0.5) is 0 Å². The van der Waals surface area contributed by atoms with Gasteiger partial charge in [0.1, 0.15) is 17.2 Å². The number of rotatable bonds is 9. The lowest BCUT2D eigenvalue weighted by molar-refractivity contribution is 0.246. The van der Waals surface area contributed by atoms with Gasteiger partial charge in [0.25, 0.3) is 0 Å². The normalized spacial score (nSPS) is 10.0. The summed E-state index contributed by atoms with van der Waals surface area (Å²) >= 11 is 0. The van der Waals surface area contributed by atoms with Crippen molar-refractivity contribution in [2.45, 2.75) is 12.8 Å². The van der Waals surface area contributed by atoms with Gasteiger partial charge in [-0.25, -0.2) is 0 Å². The molecular formula is C19H22O3. The van der Waals surface area contributed by atoms with Crippen molar-refractivity contribution in [2.75, 3.05) is 20.3 Å². The third-order valence-electron chi connectivity index (χ3n) is 3.19. The summed E-state index contributed by atoms with van der Waals surface area (Å²) < 4.78 is 16.7. The topological polar surface area (TPSA) is 27.7 Å². The van der Waals surface area contributed by atoms with E-state index >= 15 is 0 Å². The molecule has 3 heteroatoms. The second-order valence-corrected chi connectivity index (χ2v) is 4.83. The summed E-state index contributed by atoms with van der Waals surface area (Å²) in [5, 5.41) is 0. The zero-order valence-electron chi connectivity index (χ0n) is 13.0. The minimum atomic E-state index is 0.608. The molecule has 0 fully saturated rings. The molecule has 0 spiro atoms. The van der Waals surface area contributed by atoms with E-state index in [2.05, 4.69) is 12.6 Å². The Morgan fingerprint density at radius 2 is 1.73 bits per heavy atom. The molecule has 0 aliphatic carbocycles. The molecule has 0 atom stereocenters. The molecule has 2 rings (SSSR count). The Morgan fingerprint density at radius 1 is 0.955 bits per heavy atom. The van der Waals surface area contributed by atoms with Crippen molar-refractivity contribution >= 4 is 0 Å². The molecule has 116 valence electrons. The lowest BCUT2D eigenvalue weighted by Gasteiger charge is -2.11. The number of para-hydroxylation sites is 1. The van der Waals surface area contributed by atoms with Crippen LogP contribution in [0.5, 0.6) is 17.2 Å². The zero-order valence-corrected chi connectivity index (χ0v) is 13.0. The number of hydrogen-bond acceptors (Lipinski definition) is 3. The van der Waals surface area contributed by atoms with Gasteiger partial charge in [0.05, 0.1) is 20.3 Å². The third-order valence-corrected chi connectivity index (χ3v) is 3.19. The summed E-state index contributed by atoms with van der Waals surface area (Å²) in [6.45, 7) is 5.00. The van der Waals surface area contributed by atoms with Gasteiger partial charge in [-0.2, -0.15) is 0 Å². The molecule has 0 saturated heterocycles. The fraction of sp³-hybridized carbons (Fsp3) is 0.263. The van der Waals surface area contributed by atoms with E-state index in [0.717, 1.165) is 35.7 Å². The summed E-state index contributed by atoms with van der Waals surface area (Å²) in [6.07, 6.45) is 3.52. The molecule has 0 unspecified atom stereocenters. The van der Waals surface area contributed by atoms with E-state index in [0.29, 0.717) is 13.2 Å². The monoisotopic (exact) mass is 298 g/mol. The molecule has 0 heterocycles. The van der Waals surface area contributed by atoms with Gasteiger partial charge in [-0.05, 0) is 30.2 Å². The second kappa shape index (κ2) is 8.78. The smallest absolute Gasteiger partial charge is 0.122 e. The van der Waals surface area contributed by atoms with Crippen LogP contribution in [0.3, 0.4) is 0 Å². The van der Waals surface area contributed by atoms with E-state index in [1.807, 2.05) is 48.5 Å². The Hall–Kier alpha value is -2.42. The Balaban J connectivity index is 1.74. The maximum atomic E-state index is 5.82. The Morgan fingerprint density at radius 3 is 2.55 bits per heavy atom. The SMILES string of the molecule is C=CCc1ccccc1OCCCOc1cccc(OC)c1. The molecule has 0 aliphatic heterocycles. The average Bonchev–Trinajstić information content (AvgIpc) is 2.56. The number of methoxy groups -OCH3 is 1. The van der Waals surface area contributed by atoms with E-state index in [1.165, 1.54) is 0 Å². The molecule has 0 bridgehead atoms. The molecule has 0 amide bonds. The lowest BCUT2D eigenvalue weighted by Crippen LogP contribution is -2.06. The van der Waals surface area contributed by atoms with Crippen molar-refractivity contribution in [3.8, 4) is 17.2 Å². The van der Waals surface area contributed by atoms with Gasteiger partial charge < -0.3 is 14.2 Å². The van der Waals surface area contributed by atoms with Gasteiger partial charge in [0.2, 0.25) is 0 Å². The minimum Gasteiger partial charge on any atom is -0.497 e. The molecule has 0 N–H and O–H groups in total. The Labute approximate surface area is 132 Å². The van der Waals surface area contributed by atoms with Gasteiger partial charge in [-0.1, -0.05) is 30.3 Å². The van der Waals surface area contributed by atoms with E-state index in [1.54, 1.807) is 7.11 Å². The highest BCUT2D eigenvalue weighted by molar-refractivity contribution is 5.34. The standard InChI is InChI=1S/C19H22O3/c1-3-8-16-9-4-5-12-19(16)22-14-7-13-21-18-11-6-10-17(15-18)20-2/h3-6,9-12,15H,1,7-8,13-14H2,2H3. The molecule has 2 aromatic carbocycles. The predicted octanol–water partition coefficient (Wildman–Crippen LogP) is 4.27. The zero-order chi connectivity index (χ0) is 15.6. The van der Waals surface area contributed by atoms with Gasteiger partial charge in [0.15, 0.2) is 0 Å². The van der Waals surface area contributed by atoms with Crippen molar-refractivity contribution in [1.29, 1.82) is 0 Å². The Bertz CT molecular complexity index is 593. The van der Waals surface area contributed by atoms with Crippen LogP contribution in [0.25, 0.3) is 0 Å². The molecule has 0 aliphatic rings. The summed E-state index contributed by atoms with van der Waals surface area (Å²) in [5.74, 6) is 2.53. The second-order valence-electron chi connectivity index (χ2n) is 4.83. The first-order valence-corrected chi connectivity index (χ1v) is 7.42. The Kier molecular flexibility index (Phi) is 6.37. The highest BCUT2D eigenvalue weighted by atomic mass is 16.5. The molecule has 0 radical (unpaired) electrons. The van der Waals surface area contributed by atoms with E-state index in [-0.39, 0.29) is 0 Å². The quantitative estimate of drug-likeness (QED) is 0.511. The first kappa shape index (κ1) is 16.0. The van der Waals surface area contributed by atoms with Gasteiger partial charge in [0, 0.05) is 12.5 Å². The highest BCUT2D eigenvalue weighted by Crippen LogP contribution is 2.20. The van der Waals surface area contributed by atoms with E-state index in [4.69, 9.17) is 14.2 Å². The first-order chi connectivity index (χ1) is 10.8. The summed E-state index contributed by atoms with van der Waals surface area (Å²) in [4.78, 5) is 0. The van der Waals surface area contributed by atoms with Crippen molar-refractivity contribution < 1.29 is 14.2 Å². The van der Waals surface area contributed by atoms with Crippen molar-refractivity contribution in [3.05, 3.63) is 66.7 Å². The fourth-order valence-electron chi connectivity index (χ4n) is 2.09. The summed E-state index contributed by atoms with van der Waals surface area (Å²) in [7, 11) is 1.65. The number of benzene rings is 2. The summed E-state index contributed by atoms with van der Waals surface area (Å²) in [6, 6.07) is 15.6. The molecule has 2 aromatic rings. The van der Waals surface area contributed by atoms with E-state index < -0.39 is 0 Å². The van der Waals surface area contributed by atoms with Crippen LogP contribution in [0, 0.1) is 0 Å². The van der Waals surface area contributed by atoms with Crippen molar-refractivity contribution in [1.82, 2.24) is 0 Å². The molecule has 3 nitrogen and oxygen atoms in total. The molecule has 0 saturated carbocycles. The van der Waals surface area contributed by atoms with Crippen molar-refractivity contribution in [3.63, 3.8) is 0 Å². The van der Waals surface area contributed by atoms with Crippen LogP contribution in [-0.4, -0.2) is 20.3 Å². The van der Waals surface area contributed by atoms with Gasteiger partial charge in [-0.3, -0.25) is 0 Å². The van der Waals surface area contributed by atoms with Crippen LogP contribution >= 0.6 is 0 Å². The van der Waals surface area contributed by atoms with E-state index in [9.17, 15) is 0 Å². The number of ether oxygens (including phenoxy) is 3. The molecular weight excluding hydrogens is 276 g/mol. The van der Waals surface area contributed by atoms with Gasteiger partial charge >= 0.3 is 0 Å². The first-order valence-electron chi connectivity index (χ1n) is 7.42. The van der Waals surface area contributed by atoms with Crippen LogP contribution in [0.2, 0.25) is 0 Å². The molecule has 22 heavy (non-hydrogen) atoms. The number of hydrogen-bond donors (Lipinski definition) is 0. The maximum absolute atomic E-state index is 5.82. The van der Waals surface area contributed by atoms with Crippen LogP contribution in [0.15, 0.2) is 61.2 Å². The minimum absolute atomic E-state index is 0.608. The third kappa shape index (κ3) is 4.85. The maximum Gasteiger partial charge on any atom is 0.122 e. The van der Waals surface area contributed by atoms with Crippen molar-refractivity contribution in [2.24, 2.45) is 0 Å². The van der Waals surface area contributed by atoms with Crippen LogP contribution < -0.4 is 14.2 Å². The fourth-order valence-corrected chi connectivity index (χ4v) is 2.09. The lowest BCUT2D eigenvalue weighted by atomic mass is 10.1. The summed E-state index contributed by atoms with van der Waals surface area (Å²) in [5.41, 5.74) is 1.16. The predicted molar refractivity (Wildman–Crippen MR) is 88.9 cm³/mol. The largest absolute Gasteiger partial charge is 0.497 e.